The highest BCUT2D eigenvalue weighted by Crippen LogP contribution is 2.39. The number of nitrogens with one attached hydrogen (secondary N) is 1. The molecule has 2 atom stereocenters. The minimum absolute atomic E-state index is 0.00679. The second-order valence-electron chi connectivity index (χ2n) is 8.84. The molecular formula is C20H28FN3O3SSi. The van der Waals surface area contributed by atoms with Gasteiger partial charge in [0.05, 0.1) is 15.5 Å². The largest absolute Gasteiger partial charge is 0.465 e. The summed E-state index contributed by atoms with van der Waals surface area (Å²) in [4.78, 5) is 15.8. The monoisotopic (exact) mass is 437 g/mol. The molecular weight excluding hydrogens is 409 g/mol. The Bertz CT molecular complexity index is 1060. The molecule has 1 aliphatic heterocycles. The van der Waals surface area contributed by atoms with Crippen LogP contribution in [0.2, 0.25) is 19.6 Å². The van der Waals surface area contributed by atoms with E-state index < -0.39 is 40.0 Å². The van der Waals surface area contributed by atoms with E-state index in [1.807, 2.05) is 0 Å². The van der Waals surface area contributed by atoms with Crippen molar-refractivity contribution in [3.8, 4) is 11.5 Å². The lowest BCUT2D eigenvalue weighted by Crippen LogP contribution is -2.57. The molecule has 2 rings (SSSR count). The first-order valence-corrected chi connectivity index (χ1v) is 14.4. The van der Waals surface area contributed by atoms with Crippen molar-refractivity contribution >= 4 is 29.7 Å². The molecule has 9 heteroatoms. The molecule has 0 bridgehead atoms. The molecule has 0 saturated heterocycles. The summed E-state index contributed by atoms with van der Waals surface area (Å²) in [6.07, 6.45) is -1.32. The van der Waals surface area contributed by atoms with Crippen molar-refractivity contribution in [1.82, 2.24) is 5.32 Å². The van der Waals surface area contributed by atoms with Gasteiger partial charge in [-0.3, -0.25) is 10.3 Å². The van der Waals surface area contributed by atoms with Crippen LogP contribution in [0, 0.1) is 17.3 Å². The summed E-state index contributed by atoms with van der Waals surface area (Å²) in [5, 5.41) is 11.5. The molecule has 158 valence electrons. The van der Waals surface area contributed by atoms with Crippen LogP contribution in [0.15, 0.2) is 27.6 Å². The van der Waals surface area contributed by atoms with Crippen LogP contribution in [-0.2, 0) is 15.3 Å². The molecule has 0 unspecified atom stereocenters. The summed E-state index contributed by atoms with van der Waals surface area (Å²) in [6, 6.07) is 4.53. The highest BCUT2D eigenvalue weighted by Gasteiger charge is 2.49. The highest BCUT2D eigenvalue weighted by molar-refractivity contribution is 7.95. The van der Waals surface area contributed by atoms with Gasteiger partial charge in [0.2, 0.25) is 0 Å². The molecule has 0 spiro atoms. The Hall–Kier alpha value is -2.18. The molecule has 1 amide bonds. The number of carbonyl (C=O) groups is 1. The van der Waals surface area contributed by atoms with Crippen molar-refractivity contribution < 1.29 is 18.5 Å². The van der Waals surface area contributed by atoms with Crippen molar-refractivity contribution in [3.63, 3.8) is 0 Å². The van der Waals surface area contributed by atoms with E-state index in [-0.39, 0.29) is 17.2 Å². The second kappa shape index (κ2) is 7.57. The van der Waals surface area contributed by atoms with Crippen LogP contribution >= 0.6 is 0 Å². The summed E-state index contributed by atoms with van der Waals surface area (Å²) in [6.45, 7) is 11.2. The third kappa shape index (κ3) is 4.70. The molecule has 1 heterocycles. The Morgan fingerprint density at radius 2 is 1.97 bits per heavy atom. The molecule has 0 aliphatic carbocycles. The number of benzene rings is 1. The number of aliphatic imine (C=N–C) groups is 1. The van der Waals surface area contributed by atoms with Gasteiger partial charge in [0.15, 0.2) is 0 Å². The summed E-state index contributed by atoms with van der Waals surface area (Å²) >= 11 is 0. The lowest BCUT2D eigenvalue weighted by Gasteiger charge is -2.41. The zero-order valence-corrected chi connectivity index (χ0v) is 19.7. The molecule has 0 fully saturated rings. The molecule has 29 heavy (non-hydrogen) atoms. The molecule has 0 saturated carbocycles. The number of hydrogen-bond donors (Lipinski definition) is 2. The van der Waals surface area contributed by atoms with Crippen molar-refractivity contribution in [2.24, 2.45) is 9.36 Å². The normalized spacial score (nSPS) is 26.0. The predicted octanol–water partition coefficient (Wildman–Crippen LogP) is 3.83. The van der Waals surface area contributed by atoms with Gasteiger partial charge in [-0.2, -0.15) is 0 Å². The van der Waals surface area contributed by atoms with E-state index in [2.05, 4.69) is 45.8 Å². The molecule has 1 aliphatic rings. The third-order valence-electron chi connectivity index (χ3n) is 4.85. The topological polar surface area (TPSA) is 91.1 Å². The minimum Gasteiger partial charge on any atom is -0.465 e. The van der Waals surface area contributed by atoms with Crippen LogP contribution in [-0.4, -0.2) is 46.9 Å². The molecule has 6 nitrogen and oxygen atoms in total. The van der Waals surface area contributed by atoms with Gasteiger partial charge in [-0.15, -0.1) is 5.54 Å². The summed E-state index contributed by atoms with van der Waals surface area (Å²) in [5.41, 5.74) is 2.84. The Labute approximate surface area is 173 Å². The smallest absolute Gasteiger partial charge is 0.410 e. The average molecular weight is 438 g/mol. The number of hydrogen-bond acceptors (Lipinski definition) is 4. The quantitative estimate of drug-likeness (QED) is 0.517. The fourth-order valence-electron chi connectivity index (χ4n) is 3.11. The molecule has 1 aromatic carbocycles. The maximum atomic E-state index is 14.8. The first-order chi connectivity index (χ1) is 13.1. The van der Waals surface area contributed by atoms with E-state index in [4.69, 9.17) is 0 Å². The van der Waals surface area contributed by atoms with E-state index in [9.17, 15) is 18.5 Å². The van der Waals surface area contributed by atoms with Crippen LogP contribution in [0.3, 0.4) is 0 Å². The number of carboxylic acid groups (broad SMARTS) is 1. The predicted molar refractivity (Wildman–Crippen MR) is 118 cm³/mol. The van der Waals surface area contributed by atoms with Gasteiger partial charge in [0, 0.05) is 18.2 Å². The summed E-state index contributed by atoms with van der Waals surface area (Å²) < 4.78 is 31.4. The fourth-order valence-corrected chi connectivity index (χ4v) is 5.96. The van der Waals surface area contributed by atoms with Crippen molar-refractivity contribution in [3.05, 3.63) is 35.1 Å². The number of halogens is 1. The fraction of sp³-hybridized carbons (Fsp3) is 0.500. The Balaban J connectivity index is 2.73. The molecule has 0 aromatic heterocycles. The standard InChI is InChI=1S/C20H28FN3O3SSi/c1-19(2)17(23-18(25)26)24-20(3,13-28(19,27)22-4)15-12-14(8-9-16(15)21)10-11-29(5,6)7/h8-9,12H,13H2,1-7H3,(H,23,24)(H,25,26)/t20-,28+/m0/s1. The maximum absolute atomic E-state index is 14.8. The SMILES string of the molecule is CN=[S@@]1(=O)C[C@@](C)(c2cc(C#C[Si](C)(C)C)ccc2F)N=C(NC(=O)O)C1(C)C. The number of nitrogens with zero attached hydrogens (tertiary/aromatic N) is 2. The average Bonchev–Trinajstić information content (AvgIpc) is 2.58. The van der Waals surface area contributed by atoms with Crippen molar-refractivity contribution in [2.45, 2.75) is 50.7 Å². The van der Waals surface area contributed by atoms with Crippen LogP contribution in [0.5, 0.6) is 0 Å². The van der Waals surface area contributed by atoms with Crippen LogP contribution in [0.1, 0.15) is 31.9 Å². The Kier molecular flexibility index (Phi) is 6.03. The van der Waals surface area contributed by atoms with Crippen molar-refractivity contribution in [1.29, 1.82) is 0 Å². The molecule has 1 aromatic rings. The lowest BCUT2D eigenvalue weighted by atomic mass is 9.92. The van der Waals surface area contributed by atoms with Crippen LogP contribution < -0.4 is 5.32 Å². The van der Waals surface area contributed by atoms with Gasteiger partial charge in [0.25, 0.3) is 0 Å². The van der Waals surface area contributed by atoms with Gasteiger partial charge in [-0.05, 0) is 39.0 Å². The maximum Gasteiger partial charge on any atom is 0.410 e. The molecule has 0 radical (unpaired) electrons. The van der Waals surface area contributed by atoms with Gasteiger partial charge in [-0.1, -0.05) is 25.6 Å². The number of rotatable bonds is 1. The van der Waals surface area contributed by atoms with E-state index in [1.165, 1.54) is 13.1 Å². The van der Waals surface area contributed by atoms with E-state index in [0.717, 1.165) is 0 Å². The van der Waals surface area contributed by atoms with Gasteiger partial charge in [-0.25, -0.2) is 17.8 Å². The van der Waals surface area contributed by atoms with Gasteiger partial charge >= 0.3 is 6.09 Å². The second-order valence-corrected chi connectivity index (χ2v) is 16.5. The molecule has 2 N–H and O–H groups in total. The van der Waals surface area contributed by atoms with Gasteiger partial charge < -0.3 is 5.11 Å². The zero-order chi connectivity index (χ0) is 22.3. The van der Waals surface area contributed by atoms with E-state index in [1.54, 1.807) is 32.9 Å². The van der Waals surface area contributed by atoms with Crippen molar-refractivity contribution in [2.75, 3.05) is 12.8 Å². The van der Waals surface area contributed by atoms with Crippen LogP contribution in [0.25, 0.3) is 0 Å². The zero-order valence-electron chi connectivity index (χ0n) is 17.9. The Morgan fingerprint density at radius 3 is 2.48 bits per heavy atom. The highest BCUT2D eigenvalue weighted by atomic mass is 32.2. The summed E-state index contributed by atoms with van der Waals surface area (Å²) in [5.74, 6) is 2.56. The minimum atomic E-state index is -2.95. The van der Waals surface area contributed by atoms with E-state index in [0.29, 0.717) is 5.56 Å². The number of amidine groups is 1. The van der Waals surface area contributed by atoms with Crippen LogP contribution in [0.4, 0.5) is 9.18 Å². The first-order valence-electron chi connectivity index (χ1n) is 9.19. The van der Waals surface area contributed by atoms with E-state index >= 15 is 0 Å². The third-order valence-corrected chi connectivity index (χ3v) is 9.06. The summed E-state index contributed by atoms with van der Waals surface area (Å²) in [7, 11) is -3.14. The lowest BCUT2D eigenvalue weighted by molar-refractivity contribution is 0.199. The number of amides is 1. The Morgan fingerprint density at radius 1 is 1.34 bits per heavy atom. The first kappa shape index (κ1) is 23.1. The van der Waals surface area contributed by atoms with Gasteiger partial charge in [0.1, 0.15) is 30.0 Å².